The van der Waals surface area contributed by atoms with Crippen LogP contribution in [-0.2, 0) is 0 Å². The fourth-order valence-corrected chi connectivity index (χ4v) is 1.58. The molecule has 5 heavy (non-hydrogen) atoms. The van der Waals surface area contributed by atoms with Crippen molar-refractivity contribution in [1.82, 2.24) is 0 Å². The van der Waals surface area contributed by atoms with E-state index < -0.39 is 0 Å². The first kappa shape index (κ1) is 3.54. The molecule has 0 saturated heterocycles. The summed E-state index contributed by atoms with van der Waals surface area (Å²) in [5, 5.41) is 0. The van der Waals surface area contributed by atoms with Crippen molar-refractivity contribution in [2.45, 2.75) is 0 Å². The van der Waals surface area contributed by atoms with Gasteiger partial charge in [0.15, 0.2) is 0 Å². The molecule has 1 aliphatic heterocycles. The third-order valence-corrected chi connectivity index (χ3v) is 2.36. The molecule has 1 aliphatic rings. The van der Waals surface area contributed by atoms with E-state index in [-0.39, 0.29) is 21.1 Å². The Kier molecular flexibility index (Phi) is 1.21. The molecule has 0 N–H and O–H groups in total. The van der Waals surface area contributed by atoms with Gasteiger partial charge in [0.25, 0.3) is 0 Å². The average molecular weight is 176 g/mol. The van der Waals surface area contributed by atoms with E-state index >= 15 is 0 Å². The third kappa shape index (κ3) is 0.844. The van der Waals surface area contributed by atoms with E-state index in [2.05, 4.69) is 13.1 Å². The number of rotatable bonds is 0. The first-order valence-electron chi connectivity index (χ1n) is 1.50. The summed E-state index contributed by atoms with van der Waals surface area (Å²) in [6, 6.07) is 0. The Labute approximate surface area is 41.1 Å². The van der Waals surface area contributed by atoms with Crippen molar-refractivity contribution in [1.29, 1.82) is 0 Å². The molecule has 0 bridgehead atoms. The maximum absolute atomic E-state index is 3.97. The van der Waals surface area contributed by atoms with E-state index in [0.29, 0.717) is 0 Å². The molecule has 0 amide bonds. The van der Waals surface area contributed by atoms with Crippen molar-refractivity contribution in [2.75, 3.05) is 6.54 Å². The van der Waals surface area contributed by atoms with Crippen LogP contribution >= 0.6 is 0 Å². The zero-order valence-electron chi connectivity index (χ0n) is 2.76. The zero-order valence-corrected chi connectivity index (χ0v) is 5.31. The Balaban J connectivity index is 2.61. The molecule has 0 fully saturated rings. The fourth-order valence-electron chi connectivity index (χ4n) is 0.236. The van der Waals surface area contributed by atoms with Gasteiger partial charge in [-0.3, -0.25) is 0 Å². The van der Waals surface area contributed by atoms with Gasteiger partial charge in [0.2, 0.25) is 0 Å². The molecule has 0 spiro atoms. The second kappa shape index (κ2) is 1.71. The summed E-state index contributed by atoms with van der Waals surface area (Å²) in [4.78, 5) is 3.97. The quantitative estimate of drug-likeness (QED) is 0.442. The molecule has 1 rings (SSSR count). The Morgan fingerprint density at radius 3 is 3.00 bits per heavy atom. The monoisotopic (exact) mass is 175 g/mol. The van der Waals surface area contributed by atoms with E-state index in [4.69, 9.17) is 0 Å². The number of hydrogen-bond donors (Lipinski definition) is 0. The molecule has 0 saturated carbocycles. The van der Waals surface area contributed by atoms with Gasteiger partial charge in [-0.15, -0.1) is 0 Å². The average Bonchev–Trinajstić information content (AvgIpc) is 1.76. The topological polar surface area (TPSA) is 12.4 Å². The minimum atomic E-state index is 0.0500. The van der Waals surface area contributed by atoms with E-state index in [1.807, 2.05) is 0 Å². The molecule has 0 aromatic rings. The minimum absolute atomic E-state index is 0.0500. The third-order valence-electron chi connectivity index (χ3n) is 0.441. The van der Waals surface area contributed by atoms with Crippen LogP contribution in [0.15, 0.2) is 4.99 Å². The van der Waals surface area contributed by atoms with Crippen LogP contribution in [0.5, 0.6) is 0 Å². The summed E-state index contributed by atoms with van der Waals surface area (Å²) in [6.07, 6.45) is 0. The normalized spacial score (nSPS) is 17.6. The van der Waals surface area contributed by atoms with Crippen molar-refractivity contribution in [3.63, 3.8) is 0 Å². The van der Waals surface area contributed by atoms with Crippen LogP contribution in [0.4, 0.5) is 0 Å². The van der Waals surface area contributed by atoms with E-state index in [9.17, 15) is 0 Å². The number of nitrogens with zero attached hydrogens (tertiary/aromatic N) is 1. The van der Waals surface area contributed by atoms with Crippen LogP contribution in [0.3, 0.4) is 0 Å². The van der Waals surface area contributed by atoms with Crippen LogP contribution in [0.25, 0.3) is 0 Å². The summed E-state index contributed by atoms with van der Waals surface area (Å²) in [6.45, 7) is 1.01. The molecular formula is C3H4NSb. The van der Waals surface area contributed by atoms with Crippen LogP contribution in [0.2, 0.25) is 0 Å². The van der Waals surface area contributed by atoms with Crippen molar-refractivity contribution in [3.8, 4) is 0 Å². The predicted molar refractivity (Wildman–Crippen MR) is 25.2 cm³/mol. The molecule has 0 aliphatic carbocycles. The molecular weight excluding hydrogens is 172 g/mol. The van der Waals surface area contributed by atoms with Crippen molar-refractivity contribution in [2.24, 2.45) is 4.99 Å². The van der Waals surface area contributed by atoms with E-state index in [1.54, 1.807) is 0 Å². The van der Waals surface area contributed by atoms with Crippen molar-refractivity contribution >= 4 is 29.3 Å². The van der Waals surface area contributed by atoms with Gasteiger partial charge < -0.3 is 0 Å². The molecule has 2 heteroatoms. The summed E-state index contributed by atoms with van der Waals surface area (Å²) in [5.74, 6) is 0. The van der Waals surface area contributed by atoms with Gasteiger partial charge in [0, 0.05) is 0 Å². The van der Waals surface area contributed by atoms with Crippen molar-refractivity contribution in [3.05, 3.63) is 0 Å². The summed E-state index contributed by atoms with van der Waals surface area (Å²) < 4.78 is 4.37. The Morgan fingerprint density at radius 1 is 1.80 bits per heavy atom. The van der Waals surface area contributed by atoms with Gasteiger partial charge in [-0.2, -0.15) is 0 Å². The Bertz CT molecular complexity index is 65.0. The van der Waals surface area contributed by atoms with Crippen LogP contribution in [0, 0.1) is 0 Å². The molecule has 0 unspecified atom stereocenters. The molecule has 26 valence electrons. The second-order valence-electron chi connectivity index (χ2n) is 0.812. The molecule has 1 heterocycles. The molecule has 0 aromatic carbocycles. The molecule has 0 atom stereocenters. The second-order valence-corrected chi connectivity index (χ2v) is 3.36. The fraction of sp³-hybridized carbons (Fsp3) is 0.333. The summed E-state index contributed by atoms with van der Waals surface area (Å²) in [5.41, 5.74) is 0. The van der Waals surface area contributed by atoms with Gasteiger partial charge in [-0.1, -0.05) is 0 Å². The van der Waals surface area contributed by atoms with Crippen LogP contribution in [-0.4, -0.2) is 35.8 Å². The molecule has 0 aromatic heterocycles. The zero-order chi connectivity index (χ0) is 3.54. The van der Waals surface area contributed by atoms with Gasteiger partial charge in [-0.05, 0) is 0 Å². The maximum atomic E-state index is 3.97. The SMILES string of the molecule is [CH]1=NC[CH]=[Sb]1. The van der Waals surface area contributed by atoms with Gasteiger partial charge in [0.1, 0.15) is 0 Å². The number of aliphatic imine (C=N–C) groups is 1. The van der Waals surface area contributed by atoms with Gasteiger partial charge in [0.05, 0.1) is 0 Å². The first-order valence-corrected chi connectivity index (χ1v) is 4.45. The standard InChI is InChI=1S/C3H4N.Sb/c1-3-4-2;/h1-2H,3H2;. The predicted octanol–water partition coefficient (Wildman–Crippen LogP) is -0.465. The van der Waals surface area contributed by atoms with Crippen molar-refractivity contribution < 1.29 is 0 Å². The van der Waals surface area contributed by atoms with Gasteiger partial charge in [-0.25, -0.2) is 0 Å². The molecule has 0 radical (unpaired) electrons. The van der Waals surface area contributed by atoms with Crippen LogP contribution in [0.1, 0.15) is 0 Å². The molecule has 1 nitrogen and oxygen atoms in total. The van der Waals surface area contributed by atoms with E-state index in [1.165, 1.54) is 0 Å². The summed E-state index contributed by atoms with van der Waals surface area (Å²) in [7, 11) is 0. The Hall–Kier alpha value is 0.358. The van der Waals surface area contributed by atoms with Crippen LogP contribution < -0.4 is 0 Å². The Morgan fingerprint density at radius 2 is 2.80 bits per heavy atom. The number of hydrogen-bond acceptors (Lipinski definition) is 1. The van der Waals surface area contributed by atoms with E-state index in [0.717, 1.165) is 6.54 Å². The summed E-state index contributed by atoms with van der Waals surface area (Å²) >= 11 is 0.0500. The van der Waals surface area contributed by atoms with Gasteiger partial charge >= 0.3 is 40.8 Å². The first-order chi connectivity index (χ1) is 2.50.